The molecule has 0 saturated carbocycles. The number of hydrogen-bond donors (Lipinski definition) is 2. The van der Waals surface area contributed by atoms with Gasteiger partial charge in [0.2, 0.25) is 10.0 Å². The lowest BCUT2D eigenvalue weighted by atomic mass is 10.1. The highest BCUT2D eigenvalue weighted by Crippen LogP contribution is 2.25. The number of amides is 1. The zero-order valence-corrected chi connectivity index (χ0v) is 17.2. The molecule has 0 saturated heterocycles. The van der Waals surface area contributed by atoms with Crippen molar-refractivity contribution in [3.05, 3.63) is 71.8 Å². The van der Waals surface area contributed by atoms with Gasteiger partial charge in [0.05, 0.1) is 4.90 Å². The number of carbonyl (C=O) groups excluding carboxylic acids is 1. The minimum Gasteiger partial charge on any atom is -0.321 e. The lowest BCUT2D eigenvalue weighted by molar-refractivity contribution is 0.102. The summed E-state index contributed by atoms with van der Waals surface area (Å²) in [6, 6.07) is 18.0. The van der Waals surface area contributed by atoms with E-state index in [-0.39, 0.29) is 10.8 Å². The van der Waals surface area contributed by atoms with Crippen molar-refractivity contribution in [1.29, 1.82) is 0 Å². The Bertz CT molecular complexity index is 1140. The Morgan fingerprint density at radius 3 is 2.32 bits per heavy atom. The standard InChI is InChI=1S/C22H24N2O3S/c1-15-12-13-17(28(26,27)24-22(2,3)4)14-19(15)21(25)23-20-11-7-9-16-8-5-6-10-18(16)20/h5-14,24H,1-4H3,(H,23,25). The Morgan fingerprint density at radius 1 is 0.929 bits per heavy atom. The third-order valence-corrected chi connectivity index (χ3v) is 6.00. The molecule has 3 rings (SSSR count). The van der Waals surface area contributed by atoms with Crippen LogP contribution in [0.15, 0.2) is 65.6 Å². The van der Waals surface area contributed by atoms with E-state index in [9.17, 15) is 13.2 Å². The number of sulfonamides is 1. The molecular weight excluding hydrogens is 372 g/mol. The van der Waals surface area contributed by atoms with Crippen LogP contribution in [0.25, 0.3) is 10.8 Å². The van der Waals surface area contributed by atoms with Gasteiger partial charge in [0.15, 0.2) is 0 Å². The van der Waals surface area contributed by atoms with E-state index in [2.05, 4.69) is 10.0 Å². The lowest BCUT2D eigenvalue weighted by Gasteiger charge is -2.20. The molecule has 0 radical (unpaired) electrons. The summed E-state index contributed by atoms with van der Waals surface area (Å²) < 4.78 is 27.9. The molecule has 3 aromatic rings. The van der Waals surface area contributed by atoms with Gasteiger partial charge in [0.25, 0.3) is 5.91 Å². The maximum Gasteiger partial charge on any atom is 0.255 e. The van der Waals surface area contributed by atoms with Crippen molar-refractivity contribution in [2.45, 2.75) is 38.1 Å². The Morgan fingerprint density at radius 2 is 1.61 bits per heavy atom. The number of hydrogen-bond acceptors (Lipinski definition) is 3. The van der Waals surface area contributed by atoms with Crippen LogP contribution in [-0.4, -0.2) is 19.9 Å². The van der Waals surface area contributed by atoms with E-state index in [0.29, 0.717) is 16.8 Å². The third-order valence-electron chi connectivity index (χ3n) is 4.24. The van der Waals surface area contributed by atoms with Gasteiger partial charge in [-0.25, -0.2) is 13.1 Å². The summed E-state index contributed by atoms with van der Waals surface area (Å²) in [6.07, 6.45) is 0. The summed E-state index contributed by atoms with van der Waals surface area (Å²) in [5, 5.41) is 4.86. The van der Waals surface area contributed by atoms with Gasteiger partial charge in [-0.3, -0.25) is 4.79 Å². The molecule has 0 fully saturated rings. The summed E-state index contributed by atoms with van der Waals surface area (Å²) in [5.74, 6) is -0.346. The predicted octanol–water partition coefficient (Wildman–Crippen LogP) is 4.48. The first-order valence-electron chi connectivity index (χ1n) is 9.01. The van der Waals surface area contributed by atoms with Gasteiger partial charge in [0.1, 0.15) is 0 Å². The van der Waals surface area contributed by atoms with Gasteiger partial charge in [0, 0.05) is 22.2 Å². The molecule has 0 atom stereocenters. The highest BCUT2D eigenvalue weighted by atomic mass is 32.2. The van der Waals surface area contributed by atoms with Gasteiger partial charge in [-0.15, -0.1) is 0 Å². The van der Waals surface area contributed by atoms with Crippen molar-refractivity contribution in [3.8, 4) is 0 Å². The maximum atomic E-state index is 12.9. The smallest absolute Gasteiger partial charge is 0.255 e. The molecule has 0 aromatic heterocycles. The SMILES string of the molecule is Cc1ccc(S(=O)(=O)NC(C)(C)C)cc1C(=O)Nc1cccc2ccccc12. The van der Waals surface area contributed by atoms with Crippen molar-refractivity contribution in [2.75, 3.05) is 5.32 Å². The van der Waals surface area contributed by atoms with Crippen LogP contribution in [0, 0.1) is 6.92 Å². The first-order chi connectivity index (χ1) is 13.1. The van der Waals surface area contributed by atoms with Crippen LogP contribution in [0.3, 0.4) is 0 Å². The Balaban J connectivity index is 1.96. The molecule has 2 N–H and O–H groups in total. The van der Waals surface area contributed by atoms with Crippen molar-refractivity contribution in [2.24, 2.45) is 0 Å². The zero-order valence-electron chi connectivity index (χ0n) is 16.4. The van der Waals surface area contributed by atoms with Crippen molar-refractivity contribution < 1.29 is 13.2 Å². The first kappa shape index (κ1) is 20.0. The number of benzene rings is 3. The van der Waals surface area contributed by atoms with E-state index < -0.39 is 15.6 Å². The van der Waals surface area contributed by atoms with Crippen LogP contribution < -0.4 is 10.0 Å². The number of nitrogens with one attached hydrogen (secondary N) is 2. The maximum absolute atomic E-state index is 12.9. The van der Waals surface area contributed by atoms with E-state index >= 15 is 0 Å². The molecule has 0 bridgehead atoms. The number of aryl methyl sites for hydroxylation is 1. The monoisotopic (exact) mass is 396 g/mol. The van der Waals surface area contributed by atoms with Crippen LogP contribution in [0.4, 0.5) is 5.69 Å². The molecule has 0 spiro atoms. The Kier molecular flexibility index (Phi) is 5.28. The van der Waals surface area contributed by atoms with Crippen molar-refractivity contribution >= 4 is 32.4 Å². The van der Waals surface area contributed by atoms with E-state index in [0.717, 1.165) is 10.8 Å². The molecule has 3 aromatic carbocycles. The number of carbonyl (C=O) groups is 1. The second-order valence-corrected chi connectivity index (χ2v) is 9.50. The highest BCUT2D eigenvalue weighted by molar-refractivity contribution is 7.89. The van der Waals surface area contributed by atoms with Gasteiger partial charge < -0.3 is 5.32 Å². The molecular formula is C22H24N2O3S. The van der Waals surface area contributed by atoms with Crippen LogP contribution in [0.1, 0.15) is 36.7 Å². The minimum absolute atomic E-state index is 0.0658. The Labute approximate surface area is 165 Å². The lowest BCUT2D eigenvalue weighted by Crippen LogP contribution is -2.40. The van der Waals surface area contributed by atoms with E-state index in [1.54, 1.807) is 33.8 Å². The second kappa shape index (κ2) is 7.37. The first-order valence-corrected chi connectivity index (χ1v) is 10.5. The van der Waals surface area contributed by atoms with Gasteiger partial charge >= 0.3 is 0 Å². The average Bonchev–Trinajstić information content (AvgIpc) is 2.60. The van der Waals surface area contributed by atoms with Gasteiger partial charge in [-0.1, -0.05) is 42.5 Å². The van der Waals surface area contributed by atoms with Crippen molar-refractivity contribution in [1.82, 2.24) is 4.72 Å². The molecule has 1 amide bonds. The summed E-state index contributed by atoms with van der Waals surface area (Å²) in [4.78, 5) is 13.0. The van der Waals surface area contributed by atoms with E-state index in [4.69, 9.17) is 0 Å². The zero-order chi connectivity index (χ0) is 20.5. The summed E-state index contributed by atoms with van der Waals surface area (Å²) in [5.41, 5.74) is 1.09. The summed E-state index contributed by atoms with van der Waals surface area (Å²) in [6.45, 7) is 7.10. The number of fused-ring (bicyclic) bond motifs is 1. The van der Waals surface area contributed by atoms with Crippen LogP contribution in [-0.2, 0) is 10.0 Å². The van der Waals surface area contributed by atoms with Gasteiger partial charge in [-0.05, 0) is 56.8 Å². The predicted molar refractivity (Wildman–Crippen MR) is 113 cm³/mol. The Hall–Kier alpha value is -2.70. The van der Waals surface area contributed by atoms with Crippen LogP contribution in [0.2, 0.25) is 0 Å². The second-order valence-electron chi connectivity index (χ2n) is 7.81. The van der Waals surface area contributed by atoms with Crippen LogP contribution >= 0.6 is 0 Å². The molecule has 0 unspecified atom stereocenters. The molecule has 28 heavy (non-hydrogen) atoms. The molecule has 146 valence electrons. The number of rotatable bonds is 4. The third kappa shape index (κ3) is 4.40. The molecule has 6 heteroatoms. The van der Waals surface area contributed by atoms with E-state index in [1.807, 2.05) is 42.5 Å². The van der Waals surface area contributed by atoms with Crippen LogP contribution in [0.5, 0.6) is 0 Å². The average molecular weight is 397 g/mol. The normalized spacial score (nSPS) is 12.1. The topological polar surface area (TPSA) is 75.3 Å². The molecule has 0 aliphatic carbocycles. The minimum atomic E-state index is -3.73. The number of anilines is 1. The fourth-order valence-corrected chi connectivity index (χ4v) is 4.44. The highest BCUT2D eigenvalue weighted by Gasteiger charge is 2.23. The van der Waals surface area contributed by atoms with Gasteiger partial charge in [-0.2, -0.15) is 0 Å². The fraction of sp³-hybridized carbons (Fsp3) is 0.227. The molecule has 5 nitrogen and oxygen atoms in total. The van der Waals surface area contributed by atoms with E-state index in [1.165, 1.54) is 12.1 Å². The van der Waals surface area contributed by atoms with Crippen molar-refractivity contribution in [3.63, 3.8) is 0 Å². The largest absolute Gasteiger partial charge is 0.321 e. The molecule has 0 aliphatic heterocycles. The quantitative estimate of drug-likeness (QED) is 0.683. The summed E-state index contributed by atoms with van der Waals surface area (Å²) >= 11 is 0. The summed E-state index contributed by atoms with van der Waals surface area (Å²) in [7, 11) is -3.73. The molecule has 0 heterocycles. The fourth-order valence-electron chi connectivity index (χ4n) is 3.00. The molecule has 0 aliphatic rings.